The van der Waals surface area contributed by atoms with Gasteiger partial charge >= 0.3 is 0 Å². The molecule has 4 nitrogen and oxygen atoms in total. The molecule has 52 heavy (non-hydrogen) atoms. The van der Waals surface area contributed by atoms with Crippen LogP contribution in [0.5, 0.6) is 0 Å². The van der Waals surface area contributed by atoms with Crippen molar-refractivity contribution in [2.75, 3.05) is 0 Å². The topological polar surface area (TPSA) is 51.6 Å². The van der Waals surface area contributed by atoms with Crippen LogP contribution in [-0.2, 0) is 5.41 Å². The molecule has 6 aromatic carbocycles. The Morgan fingerprint density at radius 1 is 0.462 bits per heavy atom. The maximum atomic E-state index is 5.13. The number of thiophene rings is 1. The van der Waals surface area contributed by atoms with Gasteiger partial charge < -0.3 is 0 Å². The van der Waals surface area contributed by atoms with Crippen molar-refractivity contribution in [2.24, 2.45) is 0 Å². The molecule has 0 bridgehead atoms. The maximum absolute atomic E-state index is 5.13. The van der Waals surface area contributed by atoms with Crippen molar-refractivity contribution in [3.05, 3.63) is 191 Å². The highest BCUT2D eigenvalue weighted by atomic mass is 32.1. The standard InChI is InChI=1S/C47H28N4S/c1-2-12-31(13-3-1)44-49-45(51-46(50-44)33-14-10-26-48-28-33)32-23-22-30-21-20-29-11-4-7-17-37(29)47(40(30)27-32)38-18-8-5-16-36(38)42-39(47)25-24-35-34-15-6-9-19-41(34)52-43(35)42/h1-28H. The van der Waals surface area contributed by atoms with E-state index in [1.54, 1.807) is 6.20 Å². The van der Waals surface area contributed by atoms with Crippen molar-refractivity contribution in [2.45, 2.75) is 5.41 Å². The first-order valence-electron chi connectivity index (χ1n) is 17.5. The monoisotopic (exact) mass is 680 g/mol. The fourth-order valence-electron chi connectivity index (χ4n) is 8.44. The van der Waals surface area contributed by atoms with Gasteiger partial charge in [0.1, 0.15) is 0 Å². The molecule has 11 rings (SSSR count). The Morgan fingerprint density at radius 3 is 2.00 bits per heavy atom. The van der Waals surface area contributed by atoms with E-state index >= 15 is 0 Å². The van der Waals surface area contributed by atoms with E-state index in [9.17, 15) is 0 Å². The fraction of sp³-hybridized carbons (Fsp3) is 0.0213. The van der Waals surface area contributed by atoms with Crippen LogP contribution in [0.4, 0.5) is 0 Å². The Balaban J connectivity index is 1.23. The Labute approximate surface area is 304 Å². The predicted octanol–water partition coefficient (Wildman–Crippen LogP) is 11.5. The van der Waals surface area contributed by atoms with E-state index in [0.29, 0.717) is 17.5 Å². The number of hydrogen-bond donors (Lipinski definition) is 0. The van der Waals surface area contributed by atoms with Gasteiger partial charge in [0.05, 0.1) is 5.41 Å². The van der Waals surface area contributed by atoms with Gasteiger partial charge in [0.15, 0.2) is 17.5 Å². The van der Waals surface area contributed by atoms with Gasteiger partial charge in [-0.05, 0) is 63.2 Å². The molecule has 1 unspecified atom stereocenters. The number of fused-ring (bicyclic) bond motifs is 13. The van der Waals surface area contributed by atoms with Crippen molar-refractivity contribution >= 4 is 43.7 Å². The molecule has 3 aromatic heterocycles. The van der Waals surface area contributed by atoms with Gasteiger partial charge in [-0.2, -0.15) is 0 Å². The van der Waals surface area contributed by atoms with Crippen LogP contribution in [0, 0.1) is 0 Å². The number of rotatable bonds is 3. The second-order valence-corrected chi connectivity index (χ2v) is 14.4. The lowest BCUT2D eigenvalue weighted by atomic mass is 9.65. The van der Waals surface area contributed by atoms with Gasteiger partial charge in [-0.25, -0.2) is 15.0 Å². The van der Waals surface area contributed by atoms with Gasteiger partial charge in [-0.15, -0.1) is 11.3 Å². The average Bonchev–Trinajstić information content (AvgIpc) is 3.69. The van der Waals surface area contributed by atoms with E-state index < -0.39 is 5.41 Å². The zero-order valence-corrected chi connectivity index (χ0v) is 28.7. The van der Waals surface area contributed by atoms with E-state index in [0.717, 1.165) is 16.7 Å². The minimum absolute atomic E-state index is 0.580. The van der Waals surface area contributed by atoms with E-state index in [1.165, 1.54) is 64.7 Å². The summed E-state index contributed by atoms with van der Waals surface area (Å²) in [5.41, 5.74) is 12.2. The molecule has 0 aliphatic heterocycles. The smallest absolute Gasteiger partial charge is 0.165 e. The average molecular weight is 681 g/mol. The van der Waals surface area contributed by atoms with E-state index in [2.05, 4.69) is 120 Å². The van der Waals surface area contributed by atoms with Crippen molar-refractivity contribution in [3.8, 4) is 45.3 Å². The van der Waals surface area contributed by atoms with Gasteiger partial charge in [-0.3, -0.25) is 4.98 Å². The highest BCUT2D eigenvalue weighted by Crippen LogP contribution is 2.61. The first-order valence-corrected chi connectivity index (χ1v) is 18.3. The molecule has 2 aliphatic rings. The highest BCUT2D eigenvalue weighted by Gasteiger charge is 2.49. The summed E-state index contributed by atoms with van der Waals surface area (Å²) in [5.74, 6) is 1.84. The largest absolute Gasteiger partial charge is 0.264 e. The molecule has 0 fully saturated rings. The summed E-state index contributed by atoms with van der Waals surface area (Å²) in [7, 11) is 0. The molecule has 0 amide bonds. The summed E-state index contributed by atoms with van der Waals surface area (Å²) in [6, 6.07) is 52.2. The molecule has 242 valence electrons. The third-order valence-corrected chi connectivity index (χ3v) is 11.9. The lowest BCUT2D eigenvalue weighted by Crippen LogP contribution is -2.30. The van der Waals surface area contributed by atoms with Crippen LogP contribution in [-0.4, -0.2) is 19.9 Å². The first kappa shape index (κ1) is 29.2. The van der Waals surface area contributed by atoms with E-state index in [-0.39, 0.29) is 0 Å². The zero-order chi connectivity index (χ0) is 34.2. The Morgan fingerprint density at radius 2 is 1.15 bits per heavy atom. The van der Waals surface area contributed by atoms with Gasteiger partial charge in [0, 0.05) is 54.8 Å². The fourth-order valence-corrected chi connectivity index (χ4v) is 9.71. The summed E-state index contributed by atoms with van der Waals surface area (Å²) in [6.45, 7) is 0. The van der Waals surface area contributed by atoms with Crippen molar-refractivity contribution in [3.63, 3.8) is 0 Å². The van der Waals surface area contributed by atoms with Gasteiger partial charge in [0.25, 0.3) is 0 Å². The van der Waals surface area contributed by atoms with Crippen molar-refractivity contribution < 1.29 is 0 Å². The third kappa shape index (κ3) is 4.14. The van der Waals surface area contributed by atoms with Crippen LogP contribution in [0.25, 0.3) is 77.6 Å². The molecule has 1 atom stereocenters. The molecular formula is C47H28N4S. The van der Waals surface area contributed by atoms with Gasteiger partial charge in [0.2, 0.25) is 0 Å². The molecule has 3 heterocycles. The molecule has 9 aromatic rings. The predicted molar refractivity (Wildman–Crippen MR) is 213 cm³/mol. The maximum Gasteiger partial charge on any atom is 0.165 e. The number of benzene rings is 6. The van der Waals surface area contributed by atoms with Gasteiger partial charge in [-0.1, -0.05) is 133 Å². The third-order valence-electron chi connectivity index (χ3n) is 10.7. The number of aromatic nitrogens is 4. The lowest BCUT2D eigenvalue weighted by Gasteiger charge is -2.35. The normalized spacial score (nSPS) is 15.3. The zero-order valence-electron chi connectivity index (χ0n) is 27.9. The Hall–Kier alpha value is -6.56. The molecule has 0 N–H and O–H groups in total. The van der Waals surface area contributed by atoms with Crippen LogP contribution < -0.4 is 0 Å². The summed E-state index contributed by atoms with van der Waals surface area (Å²) in [5, 5.41) is 2.62. The molecule has 1 spiro atoms. The molecule has 5 heteroatoms. The Kier molecular flexibility index (Phi) is 6.30. The SMILES string of the molecule is C1=Cc2ccc(-c3nc(-c4ccccc4)nc(-c4cccnc4)n3)cc2C2(c3ccccc31)c1ccccc1-c1c2ccc2c1sc1ccccc12. The summed E-state index contributed by atoms with van der Waals surface area (Å²) < 4.78 is 2.64. The summed E-state index contributed by atoms with van der Waals surface area (Å²) in [4.78, 5) is 19.5. The van der Waals surface area contributed by atoms with Crippen LogP contribution >= 0.6 is 11.3 Å². The quantitative estimate of drug-likeness (QED) is 0.186. The van der Waals surface area contributed by atoms with Crippen LogP contribution in [0.2, 0.25) is 0 Å². The van der Waals surface area contributed by atoms with E-state index in [4.69, 9.17) is 15.0 Å². The van der Waals surface area contributed by atoms with E-state index in [1.807, 2.05) is 60.0 Å². The molecular weight excluding hydrogens is 653 g/mol. The highest BCUT2D eigenvalue weighted by molar-refractivity contribution is 7.26. The summed E-state index contributed by atoms with van der Waals surface area (Å²) in [6.07, 6.45) is 8.13. The van der Waals surface area contributed by atoms with Crippen LogP contribution in [0.1, 0.15) is 33.4 Å². The Bertz CT molecular complexity index is 2850. The second kappa shape index (κ2) is 11.2. The van der Waals surface area contributed by atoms with Crippen molar-refractivity contribution in [1.29, 1.82) is 0 Å². The molecule has 0 radical (unpaired) electrons. The minimum atomic E-state index is -0.580. The first-order chi connectivity index (χ1) is 25.8. The van der Waals surface area contributed by atoms with Crippen molar-refractivity contribution in [1.82, 2.24) is 19.9 Å². The minimum Gasteiger partial charge on any atom is -0.264 e. The molecule has 0 saturated heterocycles. The number of pyridine rings is 1. The molecule has 0 saturated carbocycles. The second-order valence-electron chi connectivity index (χ2n) is 13.4. The summed E-state index contributed by atoms with van der Waals surface area (Å²) >= 11 is 1.90. The van der Waals surface area contributed by atoms with Crippen LogP contribution in [0.15, 0.2) is 158 Å². The molecule has 2 aliphatic carbocycles. The lowest BCUT2D eigenvalue weighted by molar-refractivity contribution is 0.767. The van der Waals surface area contributed by atoms with Crippen LogP contribution in [0.3, 0.4) is 0 Å². The number of nitrogens with zero attached hydrogens (tertiary/aromatic N) is 4. The number of hydrogen-bond acceptors (Lipinski definition) is 5.